The van der Waals surface area contributed by atoms with Gasteiger partial charge in [0.25, 0.3) is 0 Å². The lowest BCUT2D eigenvalue weighted by Crippen LogP contribution is -2.82. The molecule has 2 N–H and O–H groups in total. The van der Waals surface area contributed by atoms with E-state index in [-0.39, 0.29) is 17.5 Å². The van der Waals surface area contributed by atoms with E-state index < -0.39 is 0 Å². The molecule has 4 nitrogen and oxygen atoms in total. The van der Waals surface area contributed by atoms with Crippen LogP contribution >= 0.6 is 11.6 Å². The number of rotatable bonds is 2. The smallest absolute Gasteiger partial charge is 0.306 e. The number of carbonyl (C=O) groups excluding carboxylic acids is 1. The second-order valence-electron chi connectivity index (χ2n) is 6.46. The molecule has 19 heavy (non-hydrogen) atoms. The van der Waals surface area contributed by atoms with Crippen molar-refractivity contribution in [2.45, 2.75) is 37.7 Å². The molecule has 2 aliphatic heterocycles. The Morgan fingerprint density at radius 1 is 1.47 bits per heavy atom. The van der Waals surface area contributed by atoms with E-state index in [2.05, 4.69) is 17.1 Å². The van der Waals surface area contributed by atoms with Gasteiger partial charge in [0, 0.05) is 24.3 Å². The van der Waals surface area contributed by atoms with Crippen molar-refractivity contribution in [2.75, 3.05) is 26.3 Å². The Labute approximate surface area is 119 Å². The van der Waals surface area contributed by atoms with E-state index in [1.165, 1.54) is 6.54 Å². The van der Waals surface area contributed by atoms with E-state index in [1.54, 1.807) is 0 Å². The van der Waals surface area contributed by atoms with Crippen LogP contribution in [0.2, 0.25) is 0 Å². The molecule has 0 spiro atoms. The molecule has 2 saturated heterocycles. The van der Waals surface area contributed by atoms with Crippen molar-refractivity contribution >= 4 is 17.6 Å². The number of fused-ring (bicyclic) bond motifs is 1. The summed E-state index contributed by atoms with van der Waals surface area (Å²) in [5.74, 6) is 1.35. The lowest BCUT2D eigenvalue weighted by atomic mass is 9.71. The van der Waals surface area contributed by atoms with Crippen molar-refractivity contribution in [3.8, 4) is 0 Å². The zero-order chi connectivity index (χ0) is 13.4. The molecule has 0 aromatic carbocycles. The fourth-order valence-electron chi connectivity index (χ4n) is 3.88. The van der Waals surface area contributed by atoms with E-state index in [0.717, 1.165) is 32.6 Å². The highest BCUT2D eigenvalue weighted by Gasteiger charge is 2.45. The predicted octanol–water partition coefficient (Wildman–Crippen LogP) is 0.408. The van der Waals surface area contributed by atoms with Gasteiger partial charge in [-0.15, -0.1) is 11.6 Å². The van der Waals surface area contributed by atoms with Gasteiger partial charge in [-0.05, 0) is 24.7 Å². The van der Waals surface area contributed by atoms with Gasteiger partial charge in [0.15, 0.2) is 0 Å². The Hall–Kier alpha value is -0.320. The van der Waals surface area contributed by atoms with Crippen molar-refractivity contribution in [3.05, 3.63) is 0 Å². The van der Waals surface area contributed by atoms with Gasteiger partial charge < -0.3 is 10.1 Å². The highest BCUT2D eigenvalue weighted by molar-refractivity contribution is 6.20. The highest BCUT2D eigenvalue weighted by Crippen LogP contribution is 2.42. The highest BCUT2D eigenvalue weighted by atomic mass is 35.5. The van der Waals surface area contributed by atoms with E-state index in [1.807, 2.05) is 0 Å². The van der Waals surface area contributed by atoms with Crippen LogP contribution in [0.3, 0.4) is 0 Å². The Morgan fingerprint density at radius 2 is 2.32 bits per heavy atom. The summed E-state index contributed by atoms with van der Waals surface area (Å²) in [4.78, 5) is 14.3. The van der Waals surface area contributed by atoms with Crippen LogP contribution in [0.25, 0.3) is 0 Å². The molecule has 0 aromatic rings. The van der Waals surface area contributed by atoms with Crippen LogP contribution in [0.1, 0.15) is 26.2 Å². The first-order chi connectivity index (χ1) is 9.13. The Morgan fingerprint density at radius 3 is 3.05 bits per heavy atom. The number of nitrogens with two attached hydrogens (primary N) is 1. The number of hydrogen-bond donors (Lipinski definition) is 1. The molecular weight excluding hydrogens is 264 g/mol. The van der Waals surface area contributed by atoms with Crippen molar-refractivity contribution < 1.29 is 14.8 Å². The Kier molecular flexibility index (Phi) is 4.01. The minimum atomic E-state index is -0.00495. The number of halogens is 1. The van der Waals surface area contributed by atoms with E-state index in [4.69, 9.17) is 16.3 Å². The minimum absolute atomic E-state index is 0.00495. The molecule has 1 aliphatic carbocycles. The zero-order valence-corrected chi connectivity index (χ0v) is 12.3. The molecule has 3 fully saturated rings. The average molecular weight is 288 g/mol. The molecular formula is C14H24ClN2O2+. The number of alkyl halides is 1. The summed E-state index contributed by atoms with van der Waals surface area (Å²) >= 11 is 6.45. The molecule has 0 bridgehead atoms. The maximum Gasteiger partial charge on any atom is 0.306 e. The van der Waals surface area contributed by atoms with Crippen LogP contribution < -0.4 is 5.32 Å². The first kappa shape index (κ1) is 13.7. The van der Waals surface area contributed by atoms with Crippen LogP contribution in [-0.4, -0.2) is 48.7 Å². The number of carbonyl (C=O) groups is 1. The van der Waals surface area contributed by atoms with Crippen LogP contribution in [0.15, 0.2) is 0 Å². The molecule has 0 amide bonds. The van der Waals surface area contributed by atoms with Gasteiger partial charge in [-0.3, -0.25) is 9.69 Å². The Bertz CT molecular complexity index is 346. The second-order valence-corrected chi connectivity index (χ2v) is 7.02. The SMILES string of the molecule is CC1CC2OC(=O)CC(CN3CC[NH2+]C3)C2CC1Cl. The lowest BCUT2D eigenvalue weighted by Gasteiger charge is -2.44. The largest absolute Gasteiger partial charge is 0.462 e. The van der Waals surface area contributed by atoms with Crippen LogP contribution in [0.5, 0.6) is 0 Å². The van der Waals surface area contributed by atoms with Crippen molar-refractivity contribution in [1.82, 2.24) is 4.90 Å². The van der Waals surface area contributed by atoms with E-state index in [0.29, 0.717) is 24.2 Å². The monoisotopic (exact) mass is 287 g/mol. The third-order valence-corrected chi connectivity index (χ3v) is 5.65. The third-order valence-electron chi connectivity index (χ3n) is 5.04. The van der Waals surface area contributed by atoms with Gasteiger partial charge in [0.2, 0.25) is 0 Å². The first-order valence-electron chi connectivity index (χ1n) is 7.51. The van der Waals surface area contributed by atoms with Gasteiger partial charge in [-0.1, -0.05) is 6.92 Å². The molecule has 1 saturated carbocycles. The molecule has 0 aromatic heterocycles. The molecule has 3 aliphatic rings. The van der Waals surface area contributed by atoms with Crippen molar-refractivity contribution in [1.29, 1.82) is 0 Å². The molecule has 5 heteroatoms. The average Bonchev–Trinajstić information content (AvgIpc) is 2.84. The molecule has 108 valence electrons. The minimum Gasteiger partial charge on any atom is -0.462 e. The fourth-order valence-corrected chi connectivity index (χ4v) is 4.19. The topological polar surface area (TPSA) is 46.1 Å². The number of ether oxygens (including phenoxy) is 1. The van der Waals surface area contributed by atoms with Crippen molar-refractivity contribution in [3.63, 3.8) is 0 Å². The van der Waals surface area contributed by atoms with Gasteiger partial charge in [0.1, 0.15) is 12.8 Å². The quantitative estimate of drug-likeness (QED) is 0.591. The normalized spacial score (nSPS) is 43.9. The maximum absolute atomic E-state index is 11.8. The number of esters is 1. The summed E-state index contributed by atoms with van der Waals surface area (Å²) in [5.41, 5.74) is 0. The van der Waals surface area contributed by atoms with Gasteiger partial charge in [0.05, 0.1) is 13.1 Å². The summed E-state index contributed by atoms with van der Waals surface area (Å²) in [7, 11) is 0. The lowest BCUT2D eigenvalue weighted by molar-refractivity contribution is -0.643. The van der Waals surface area contributed by atoms with Gasteiger partial charge in [-0.2, -0.15) is 0 Å². The van der Waals surface area contributed by atoms with E-state index >= 15 is 0 Å². The molecule has 2 heterocycles. The van der Waals surface area contributed by atoms with Gasteiger partial charge in [-0.25, -0.2) is 0 Å². The van der Waals surface area contributed by atoms with E-state index in [9.17, 15) is 4.79 Å². The van der Waals surface area contributed by atoms with Crippen molar-refractivity contribution in [2.24, 2.45) is 17.8 Å². The number of hydrogen-bond acceptors (Lipinski definition) is 3. The summed E-state index contributed by atoms with van der Waals surface area (Å²) in [6.07, 6.45) is 2.63. The summed E-state index contributed by atoms with van der Waals surface area (Å²) in [6.45, 7) is 6.60. The standard InChI is InChI=1S/C14H23ClN2O2/c1-9-4-13-11(6-12(9)15)10(5-14(18)19-13)7-17-3-2-16-8-17/h9-13,16H,2-8H2,1H3/p+1. The summed E-state index contributed by atoms with van der Waals surface area (Å²) in [5, 5.41) is 2.57. The third kappa shape index (κ3) is 2.91. The summed E-state index contributed by atoms with van der Waals surface area (Å²) in [6, 6.07) is 0. The fraction of sp³-hybridized carbons (Fsp3) is 0.929. The second kappa shape index (κ2) is 5.58. The summed E-state index contributed by atoms with van der Waals surface area (Å²) < 4.78 is 5.58. The van der Waals surface area contributed by atoms with Crippen LogP contribution in [-0.2, 0) is 9.53 Å². The predicted molar refractivity (Wildman–Crippen MR) is 72.7 cm³/mol. The van der Waals surface area contributed by atoms with Gasteiger partial charge >= 0.3 is 5.97 Å². The first-order valence-corrected chi connectivity index (χ1v) is 7.94. The number of quaternary nitrogens is 1. The Balaban J connectivity index is 1.68. The maximum atomic E-state index is 11.8. The molecule has 0 radical (unpaired) electrons. The molecule has 5 unspecified atom stereocenters. The molecule has 5 atom stereocenters. The number of nitrogens with zero attached hydrogens (tertiary/aromatic N) is 1. The zero-order valence-electron chi connectivity index (χ0n) is 11.6. The van der Waals surface area contributed by atoms with Crippen LogP contribution in [0, 0.1) is 17.8 Å². The molecule has 3 rings (SSSR count). The van der Waals surface area contributed by atoms with Crippen LogP contribution in [0.4, 0.5) is 0 Å².